The van der Waals surface area contributed by atoms with Crippen LogP contribution in [0, 0.1) is 5.82 Å². The Balaban J connectivity index is 1.61. The van der Waals surface area contributed by atoms with Gasteiger partial charge in [-0.3, -0.25) is 4.79 Å². The van der Waals surface area contributed by atoms with Gasteiger partial charge >= 0.3 is 0 Å². The van der Waals surface area contributed by atoms with Crippen LogP contribution in [0.15, 0.2) is 36.4 Å². The summed E-state index contributed by atoms with van der Waals surface area (Å²) < 4.78 is 29.7. The molecule has 1 heterocycles. The number of methoxy groups -OCH3 is 1. The zero-order valence-corrected chi connectivity index (χ0v) is 15.5. The topological polar surface area (TPSA) is 56.8 Å². The van der Waals surface area contributed by atoms with Crippen LogP contribution in [0.3, 0.4) is 0 Å². The van der Waals surface area contributed by atoms with Crippen LogP contribution in [0.5, 0.6) is 17.2 Å². The smallest absolute Gasteiger partial charge is 0.244 e. The first kappa shape index (κ1) is 19.0. The average molecular weight is 392 g/mol. The van der Waals surface area contributed by atoms with Gasteiger partial charge in [0.15, 0.2) is 23.1 Å². The molecule has 1 N–H and O–H groups in total. The van der Waals surface area contributed by atoms with Gasteiger partial charge in [0.05, 0.1) is 25.3 Å². The molecule has 0 spiro atoms. The first-order valence-electron chi connectivity index (χ1n) is 8.44. The molecule has 0 atom stereocenters. The molecule has 0 fully saturated rings. The van der Waals surface area contributed by atoms with Crippen LogP contribution in [0.1, 0.15) is 17.5 Å². The maximum Gasteiger partial charge on any atom is 0.244 e. The molecule has 0 saturated carbocycles. The van der Waals surface area contributed by atoms with Gasteiger partial charge in [0.25, 0.3) is 0 Å². The number of benzene rings is 2. The van der Waals surface area contributed by atoms with Crippen LogP contribution in [0.25, 0.3) is 6.08 Å². The SMILES string of the molecule is COc1ccc(/C=C/C(=O)NCc2cc(Cl)c3c(c2)OCCCO3)cc1F. The van der Waals surface area contributed by atoms with Crippen molar-refractivity contribution < 1.29 is 23.4 Å². The van der Waals surface area contributed by atoms with Crippen molar-refractivity contribution in [1.29, 1.82) is 0 Å². The summed E-state index contributed by atoms with van der Waals surface area (Å²) >= 11 is 6.24. The molecule has 0 aromatic heterocycles. The number of rotatable bonds is 5. The summed E-state index contributed by atoms with van der Waals surface area (Å²) in [6.45, 7) is 1.39. The molecule has 0 unspecified atom stereocenters. The maximum absolute atomic E-state index is 13.7. The highest BCUT2D eigenvalue weighted by Crippen LogP contribution is 2.37. The lowest BCUT2D eigenvalue weighted by molar-refractivity contribution is -0.116. The lowest BCUT2D eigenvalue weighted by atomic mass is 10.2. The van der Waals surface area contributed by atoms with E-state index in [-0.39, 0.29) is 18.2 Å². The van der Waals surface area contributed by atoms with Gasteiger partial charge < -0.3 is 19.5 Å². The fourth-order valence-corrected chi connectivity index (χ4v) is 2.88. The van der Waals surface area contributed by atoms with E-state index in [1.807, 2.05) is 0 Å². The van der Waals surface area contributed by atoms with Crippen molar-refractivity contribution in [3.63, 3.8) is 0 Å². The number of nitrogens with one attached hydrogen (secondary N) is 1. The molecular formula is C20H19ClFNO4. The highest BCUT2D eigenvalue weighted by Gasteiger charge is 2.15. The third kappa shape index (κ3) is 4.92. The zero-order valence-electron chi connectivity index (χ0n) is 14.8. The Kier molecular flexibility index (Phi) is 6.19. The van der Waals surface area contributed by atoms with Crippen molar-refractivity contribution in [3.05, 3.63) is 58.4 Å². The van der Waals surface area contributed by atoms with E-state index in [0.29, 0.717) is 35.3 Å². The molecule has 5 nitrogen and oxygen atoms in total. The van der Waals surface area contributed by atoms with Crippen LogP contribution in [0.4, 0.5) is 4.39 Å². The molecule has 2 aromatic carbocycles. The summed E-state index contributed by atoms with van der Waals surface area (Å²) in [6, 6.07) is 8.00. The molecule has 7 heteroatoms. The Labute approximate surface area is 161 Å². The molecular weight excluding hydrogens is 373 g/mol. The standard InChI is InChI=1S/C20H19ClFNO4/c1-25-17-5-3-13(10-16(17)22)4-6-19(24)23-12-14-9-15(21)20-18(11-14)26-7-2-8-27-20/h3-6,9-11H,2,7-8,12H2,1H3,(H,23,24)/b6-4+. The van der Waals surface area contributed by atoms with Crippen molar-refractivity contribution >= 4 is 23.6 Å². The first-order chi connectivity index (χ1) is 13.1. The van der Waals surface area contributed by atoms with E-state index in [4.69, 9.17) is 25.8 Å². The number of hydrogen-bond acceptors (Lipinski definition) is 4. The van der Waals surface area contributed by atoms with E-state index in [1.54, 1.807) is 18.2 Å². The summed E-state index contributed by atoms with van der Waals surface area (Å²) in [4.78, 5) is 12.0. The number of carbonyl (C=O) groups excluding carboxylic acids is 1. The zero-order chi connectivity index (χ0) is 19.2. The summed E-state index contributed by atoms with van der Waals surface area (Å²) in [5.41, 5.74) is 1.35. The fourth-order valence-electron chi connectivity index (χ4n) is 2.59. The fraction of sp³-hybridized carbons (Fsp3) is 0.250. The maximum atomic E-state index is 13.7. The highest BCUT2D eigenvalue weighted by molar-refractivity contribution is 6.32. The van der Waals surface area contributed by atoms with Crippen molar-refractivity contribution in [2.45, 2.75) is 13.0 Å². The molecule has 0 bridgehead atoms. The Hall–Kier alpha value is -2.73. The molecule has 0 saturated heterocycles. The largest absolute Gasteiger partial charge is 0.494 e. The third-order valence-corrected chi connectivity index (χ3v) is 4.21. The molecule has 1 amide bonds. The summed E-state index contributed by atoms with van der Waals surface area (Å²) in [5, 5.41) is 3.20. The van der Waals surface area contributed by atoms with E-state index >= 15 is 0 Å². The van der Waals surface area contributed by atoms with E-state index in [9.17, 15) is 9.18 Å². The van der Waals surface area contributed by atoms with Crippen molar-refractivity contribution in [2.24, 2.45) is 0 Å². The van der Waals surface area contributed by atoms with Gasteiger partial charge in [-0.25, -0.2) is 4.39 Å². The number of fused-ring (bicyclic) bond motifs is 1. The van der Waals surface area contributed by atoms with E-state index in [2.05, 4.69) is 5.32 Å². The average Bonchev–Trinajstić information content (AvgIpc) is 2.90. The van der Waals surface area contributed by atoms with Crippen molar-refractivity contribution in [1.82, 2.24) is 5.32 Å². The van der Waals surface area contributed by atoms with Crippen LogP contribution >= 0.6 is 11.6 Å². The van der Waals surface area contributed by atoms with E-state index in [0.717, 1.165) is 12.0 Å². The van der Waals surface area contributed by atoms with Gasteiger partial charge in [0.1, 0.15) is 0 Å². The first-order valence-corrected chi connectivity index (χ1v) is 8.82. The number of ether oxygens (including phenoxy) is 3. The number of amides is 1. The second kappa shape index (κ2) is 8.77. The lowest BCUT2D eigenvalue weighted by Crippen LogP contribution is -2.20. The Morgan fingerprint density at radius 3 is 2.89 bits per heavy atom. The second-order valence-corrected chi connectivity index (χ2v) is 6.31. The molecule has 142 valence electrons. The monoisotopic (exact) mass is 391 g/mol. The summed E-state index contributed by atoms with van der Waals surface area (Å²) in [6.07, 6.45) is 3.65. The van der Waals surface area contributed by atoms with Gasteiger partial charge in [-0.2, -0.15) is 0 Å². The second-order valence-electron chi connectivity index (χ2n) is 5.90. The minimum Gasteiger partial charge on any atom is -0.494 e. The Bertz CT molecular complexity index is 869. The molecule has 27 heavy (non-hydrogen) atoms. The quantitative estimate of drug-likeness (QED) is 0.783. The molecule has 2 aromatic rings. The Morgan fingerprint density at radius 2 is 2.11 bits per heavy atom. The number of halogens is 2. The lowest BCUT2D eigenvalue weighted by Gasteiger charge is -2.11. The number of hydrogen-bond donors (Lipinski definition) is 1. The van der Waals surface area contributed by atoms with Crippen molar-refractivity contribution in [3.8, 4) is 17.2 Å². The van der Waals surface area contributed by atoms with Gasteiger partial charge in [-0.05, 0) is 41.5 Å². The van der Waals surface area contributed by atoms with E-state index < -0.39 is 5.82 Å². The van der Waals surface area contributed by atoms with E-state index in [1.165, 1.54) is 31.4 Å². The molecule has 1 aliphatic rings. The van der Waals surface area contributed by atoms with Gasteiger partial charge in [0.2, 0.25) is 5.91 Å². The van der Waals surface area contributed by atoms with Crippen LogP contribution in [-0.4, -0.2) is 26.2 Å². The van der Waals surface area contributed by atoms with Crippen LogP contribution in [-0.2, 0) is 11.3 Å². The normalized spacial score (nSPS) is 13.3. The molecule has 0 aliphatic carbocycles. The van der Waals surface area contributed by atoms with Gasteiger partial charge in [0, 0.05) is 19.0 Å². The minimum atomic E-state index is -0.484. The van der Waals surface area contributed by atoms with Crippen molar-refractivity contribution in [2.75, 3.05) is 20.3 Å². The molecule has 1 aliphatic heterocycles. The van der Waals surface area contributed by atoms with Gasteiger partial charge in [-0.15, -0.1) is 0 Å². The summed E-state index contributed by atoms with van der Waals surface area (Å²) in [5.74, 6) is 0.471. The minimum absolute atomic E-state index is 0.155. The molecule has 3 rings (SSSR count). The van der Waals surface area contributed by atoms with Gasteiger partial charge in [-0.1, -0.05) is 17.7 Å². The van der Waals surface area contributed by atoms with Crippen LogP contribution in [0.2, 0.25) is 5.02 Å². The summed E-state index contributed by atoms with van der Waals surface area (Å²) in [7, 11) is 1.40. The highest BCUT2D eigenvalue weighted by atomic mass is 35.5. The predicted octanol–water partition coefficient (Wildman–Crippen LogP) is 3.98. The third-order valence-electron chi connectivity index (χ3n) is 3.93. The predicted molar refractivity (Wildman–Crippen MR) is 101 cm³/mol. The Morgan fingerprint density at radius 1 is 1.30 bits per heavy atom. The van der Waals surface area contributed by atoms with Crippen LogP contribution < -0.4 is 19.5 Å². The molecule has 0 radical (unpaired) electrons. The number of carbonyl (C=O) groups is 1.